The molecule has 0 saturated carbocycles. The van der Waals surface area contributed by atoms with Gasteiger partial charge >= 0.3 is 0 Å². The summed E-state index contributed by atoms with van der Waals surface area (Å²) in [6, 6.07) is 3.93. The largest absolute Gasteiger partial charge is 0.313 e. The molecular weight excluding hydrogens is 269 g/mol. The molecule has 1 atom stereocenters. The quantitative estimate of drug-likeness (QED) is 0.935. The Labute approximate surface area is 116 Å². The first-order valence-electron chi connectivity index (χ1n) is 5.57. The van der Waals surface area contributed by atoms with Gasteiger partial charge in [0.1, 0.15) is 0 Å². The number of likely N-dealkylation sites (N-methyl/N-ethyl adjacent to an activating group) is 1. The standard InChI is InChI=1S/C13H13Cl2N3/c1-16-13(10-3-5-18-8-12(10)15)6-9-2-4-17-7-11(9)14/h2-5,7-8,13,16H,6H2,1H3. The van der Waals surface area contributed by atoms with Gasteiger partial charge in [-0.25, -0.2) is 0 Å². The zero-order valence-corrected chi connectivity index (χ0v) is 11.4. The summed E-state index contributed by atoms with van der Waals surface area (Å²) in [6.45, 7) is 0. The molecule has 0 aliphatic carbocycles. The summed E-state index contributed by atoms with van der Waals surface area (Å²) in [4.78, 5) is 7.97. The highest BCUT2D eigenvalue weighted by molar-refractivity contribution is 6.31. The van der Waals surface area contributed by atoms with Gasteiger partial charge in [0.25, 0.3) is 0 Å². The fourth-order valence-corrected chi connectivity index (χ4v) is 2.27. The van der Waals surface area contributed by atoms with Crippen molar-refractivity contribution in [2.45, 2.75) is 12.5 Å². The minimum atomic E-state index is 0.0976. The Morgan fingerprint density at radius 1 is 1.11 bits per heavy atom. The van der Waals surface area contributed by atoms with Gasteiger partial charge in [-0.05, 0) is 36.7 Å². The molecule has 0 aromatic carbocycles. The lowest BCUT2D eigenvalue weighted by molar-refractivity contribution is 0.591. The fourth-order valence-electron chi connectivity index (χ4n) is 1.83. The second kappa shape index (κ2) is 6.14. The number of pyridine rings is 2. The van der Waals surface area contributed by atoms with E-state index >= 15 is 0 Å². The molecule has 0 radical (unpaired) electrons. The highest BCUT2D eigenvalue weighted by atomic mass is 35.5. The maximum atomic E-state index is 6.16. The lowest BCUT2D eigenvalue weighted by atomic mass is 10.0. The van der Waals surface area contributed by atoms with Gasteiger partial charge in [-0.15, -0.1) is 0 Å². The van der Waals surface area contributed by atoms with Crippen LogP contribution in [0, 0.1) is 0 Å². The molecular formula is C13H13Cl2N3. The molecule has 5 heteroatoms. The molecule has 94 valence electrons. The van der Waals surface area contributed by atoms with Crippen molar-refractivity contribution in [2.24, 2.45) is 0 Å². The van der Waals surface area contributed by atoms with Crippen molar-refractivity contribution in [3.8, 4) is 0 Å². The molecule has 2 aromatic heterocycles. The Hall–Kier alpha value is -1.16. The van der Waals surface area contributed by atoms with E-state index in [1.165, 1.54) is 0 Å². The summed E-state index contributed by atoms with van der Waals surface area (Å²) >= 11 is 12.3. The predicted octanol–water partition coefficient (Wildman–Crippen LogP) is 3.29. The molecule has 1 unspecified atom stereocenters. The monoisotopic (exact) mass is 281 g/mol. The van der Waals surface area contributed by atoms with E-state index in [0.29, 0.717) is 10.0 Å². The van der Waals surface area contributed by atoms with Crippen LogP contribution in [-0.4, -0.2) is 17.0 Å². The zero-order chi connectivity index (χ0) is 13.0. The van der Waals surface area contributed by atoms with E-state index in [4.69, 9.17) is 23.2 Å². The van der Waals surface area contributed by atoms with Gasteiger partial charge in [0.05, 0.1) is 10.0 Å². The topological polar surface area (TPSA) is 37.8 Å². The third-order valence-electron chi connectivity index (χ3n) is 2.81. The molecule has 3 nitrogen and oxygen atoms in total. The van der Waals surface area contributed by atoms with Crippen molar-refractivity contribution < 1.29 is 0 Å². The highest BCUT2D eigenvalue weighted by Crippen LogP contribution is 2.26. The molecule has 2 heterocycles. The van der Waals surface area contributed by atoms with Crippen LogP contribution in [0.25, 0.3) is 0 Å². The maximum Gasteiger partial charge on any atom is 0.0637 e. The molecule has 2 aromatic rings. The van der Waals surface area contributed by atoms with Crippen molar-refractivity contribution >= 4 is 23.2 Å². The van der Waals surface area contributed by atoms with Crippen LogP contribution in [0.15, 0.2) is 36.9 Å². The average molecular weight is 282 g/mol. The van der Waals surface area contributed by atoms with Crippen LogP contribution in [0.3, 0.4) is 0 Å². The van der Waals surface area contributed by atoms with Gasteiger partial charge in [0, 0.05) is 30.8 Å². The summed E-state index contributed by atoms with van der Waals surface area (Å²) in [7, 11) is 1.90. The van der Waals surface area contributed by atoms with Crippen molar-refractivity contribution in [2.75, 3.05) is 7.05 Å². The first kappa shape index (κ1) is 13.3. The summed E-state index contributed by atoms with van der Waals surface area (Å²) in [5.41, 5.74) is 2.06. The Bertz CT molecular complexity index is 531. The highest BCUT2D eigenvalue weighted by Gasteiger charge is 2.14. The first-order valence-corrected chi connectivity index (χ1v) is 6.33. The Morgan fingerprint density at radius 3 is 2.39 bits per heavy atom. The first-order chi connectivity index (χ1) is 8.72. The van der Waals surface area contributed by atoms with Crippen LogP contribution < -0.4 is 5.32 Å². The van der Waals surface area contributed by atoms with Crippen LogP contribution in [0.5, 0.6) is 0 Å². The van der Waals surface area contributed by atoms with E-state index in [2.05, 4.69) is 15.3 Å². The van der Waals surface area contributed by atoms with Crippen LogP contribution in [0.1, 0.15) is 17.2 Å². The third-order valence-corrected chi connectivity index (χ3v) is 3.46. The van der Waals surface area contributed by atoms with Gasteiger partial charge in [-0.1, -0.05) is 23.2 Å². The number of nitrogens with one attached hydrogen (secondary N) is 1. The normalized spacial score (nSPS) is 12.4. The van der Waals surface area contributed by atoms with E-state index in [1.807, 2.05) is 19.2 Å². The molecule has 0 fully saturated rings. The van der Waals surface area contributed by atoms with E-state index in [-0.39, 0.29) is 6.04 Å². The van der Waals surface area contributed by atoms with Gasteiger partial charge in [-0.3, -0.25) is 9.97 Å². The van der Waals surface area contributed by atoms with E-state index in [1.54, 1.807) is 24.8 Å². The lowest BCUT2D eigenvalue weighted by Gasteiger charge is -2.18. The third kappa shape index (κ3) is 2.99. The summed E-state index contributed by atoms with van der Waals surface area (Å²) in [5.74, 6) is 0. The summed E-state index contributed by atoms with van der Waals surface area (Å²) in [6.07, 6.45) is 7.52. The van der Waals surface area contributed by atoms with Crippen LogP contribution in [0.2, 0.25) is 10.0 Å². The summed E-state index contributed by atoms with van der Waals surface area (Å²) in [5, 5.41) is 4.57. The number of nitrogens with zero attached hydrogens (tertiary/aromatic N) is 2. The molecule has 0 aliphatic rings. The second-order valence-corrected chi connectivity index (χ2v) is 4.72. The van der Waals surface area contributed by atoms with Gasteiger partial charge < -0.3 is 5.32 Å². The molecule has 0 spiro atoms. The van der Waals surface area contributed by atoms with Gasteiger partial charge in [0.15, 0.2) is 0 Å². The SMILES string of the molecule is CNC(Cc1ccncc1Cl)c1ccncc1Cl. The Balaban J connectivity index is 2.26. The van der Waals surface area contributed by atoms with Crippen LogP contribution in [0.4, 0.5) is 0 Å². The maximum absolute atomic E-state index is 6.16. The average Bonchev–Trinajstić information content (AvgIpc) is 2.39. The number of rotatable bonds is 4. The number of halogens is 2. The van der Waals surface area contributed by atoms with Crippen molar-refractivity contribution in [3.05, 3.63) is 58.1 Å². The Kier molecular flexibility index (Phi) is 4.53. The van der Waals surface area contributed by atoms with Gasteiger partial charge in [0.2, 0.25) is 0 Å². The smallest absolute Gasteiger partial charge is 0.0637 e. The molecule has 0 bridgehead atoms. The van der Waals surface area contributed by atoms with Gasteiger partial charge in [-0.2, -0.15) is 0 Å². The molecule has 0 amide bonds. The van der Waals surface area contributed by atoms with Crippen LogP contribution in [-0.2, 0) is 6.42 Å². The van der Waals surface area contributed by atoms with E-state index in [0.717, 1.165) is 17.5 Å². The molecule has 18 heavy (non-hydrogen) atoms. The number of hydrogen-bond donors (Lipinski definition) is 1. The fraction of sp³-hybridized carbons (Fsp3) is 0.231. The van der Waals surface area contributed by atoms with Crippen molar-refractivity contribution in [1.29, 1.82) is 0 Å². The van der Waals surface area contributed by atoms with Crippen LogP contribution >= 0.6 is 23.2 Å². The number of aromatic nitrogens is 2. The molecule has 1 N–H and O–H groups in total. The molecule has 0 saturated heterocycles. The lowest BCUT2D eigenvalue weighted by Crippen LogP contribution is -2.19. The predicted molar refractivity (Wildman–Crippen MR) is 74.0 cm³/mol. The van der Waals surface area contributed by atoms with E-state index < -0.39 is 0 Å². The summed E-state index contributed by atoms with van der Waals surface area (Å²) < 4.78 is 0. The van der Waals surface area contributed by atoms with Crippen molar-refractivity contribution in [3.63, 3.8) is 0 Å². The zero-order valence-electron chi connectivity index (χ0n) is 9.90. The minimum absolute atomic E-state index is 0.0976. The molecule has 2 rings (SSSR count). The molecule has 0 aliphatic heterocycles. The van der Waals surface area contributed by atoms with Crippen molar-refractivity contribution in [1.82, 2.24) is 15.3 Å². The number of hydrogen-bond acceptors (Lipinski definition) is 3. The minimum Gasteiger partial charge on any atom is -0.313 e. The van der Waals surface area contributed by atoms with E-state index in [9.17, 15) is 0 Å². The Morgan fingerprint density at radius 2 is 1.78 bits per heavy atom. The second-order valence-electron chi connectivity index (χ2n) is 3.91.